The van der Waals surface area contributed by atoms with E-state index in [1.54, 1.807) is 6.92 Å². The van der Waals surface area contributed by atoms with Gasteiger partial charge in [0.25, 0.3) is 0 Å². The normalized spacial score (nSPS) is 38.2. The highest BCUT2D eigenvalue weighted by atomic mass is 16.4. The van der Waals surface area contributed by atoms with Crippen LogP contribution in [0.15, 0.2) is 53.6 Å². The largest absolute Gasteiger partial charge is 0.478 e. The molecule has 0 spiro atoms. The summed E-state index contributed by atoms with van der Waals surface area (Å²) in [5.41, 5.74) is 3.04. The van der Waals surface area contributed by atoms with Crippen LogP contribution < -0.4 is 0 Å². The minimum absolute atomic E-state index is 0.182. The van der Waals surface area contributed by atoms with E-state index < -0.39 is 5.97 Å². The highest BCUT2D eigenvalue weighted by Gasteiger charge is 2.54. The number of hydrogen-bond donors (Lipinski definition) is 1. The first-order valence-electron chi connectivity index (χ1n) is 9.41. The molecule has 25 heavy (non-hydrogen) atoms. The third-order valence-corrected chi connectivity index (χ3v) is 6.72. The van der Waals surface area contributed by atoms with Crippen molar-refractivity contribution in [1.82, 2.24) is 0 Å². The molecule has 2 aliphatic carbocycles. The standard InChI is InChI=1S/C23H30O2/c1-14-11-16(3)21-20(14)15(2)12-19(18-9-7-6-8-10-18)23(21,5)13-17(4)22(24)25/h6-10,12-14,16,19-21H,11H2,1-5H3,(H,24,25)/b17-13+/t14-,16-,19+,20+,21-,23-/m0/s1. The van der Waals surface area contributed by atoms with E-state index in [0.717, 1.165) is 0 Å². The van der Waals surface area contributed by atoms with Crippen LogP contribution >= 0.6 is 0 Å². The molecule has 2 nitrogen and oxygen atoms in total. The van der Waals surface area contributed by atoms with Crippen LogP contribution in [0.25, 0.3) is 0 Å². The molecule has 1 saturated carbocycles. The van der Waals surface area contributed by atoms with Gasteiger partial charge in [0, 0.05) is 16.9 Å². The predicted octanol–water partition coefficient (Wildman–Crippen LogP) is 5.68. The van der Waals surface area contributed by atoms with Crippen molar-refractivity contribution >= 4 is 5.97 Å². The van der Waals surface area contributed by atoms with Crippen molar-refractivity contribution in [2.75, 3.05) is 0 Å². The van der Waals surface area contributed by atoms with Crippen molar-refractivity contribution in [2.24, 2.45) is 29.1 Å². The topological polar surface area (TPSA) is 37.3 Å². The zero-order valence-corrected chi connectivity index (χ0v) is 16.0. The van der Waals surface area contributed by atoms with Crippen molar-refractivity contribution in [3.63, 3.8) is 0 Å². The Labute approximate surface area is 151 Å². The lowest BCUT2D eigenvalue weighted by Crippen LogP contribution is -2.41. The monoisotopic (exact) mass is 338 g/mol. The van der Waals surface area contributed by atoms with Crippen LogP contribution in [0.1, 0.15) is 52.5 Å². The third kappa shape index (κ3) is 2.96. The van der Waals surface area contributed by atoms with E-state index in [9.17, 15) is 9.90 Å². The average molecular weight is 338 g/mol. The van der Waals surface area contributed by atoms with E-state index in [1.807, 2.05) is 6.07 Å². The van der Waals surface area contributed by atoms with Crippen molar-refractivity contribution < 1.29 is 9.90 Å². The quantitative estimate of drug-likeness (QED) is 0.569. The Morgan fingerprint density at radius 3 is 2.44 bits per heavy atom. The van der Waals surface area contributed by atoms with Crippen LogP contribution in [0, 0.1) is 29.1 Å². The Kier molecular flexibility index (Phi) is 4.66. The molecule has 1 aromatic rings. The molecule has 0 amide bonds. The molecular weight excluding hydrogens is 308 g/mol. The molecule has 2 aliphatic rings. The summed E-state index contributed by atoms with van der Waals surface area (Å²) in [6.45, 7) is 11.0. The molecule has 0 aliphatic heterocycles. The lowest BCUT2D eigenvalue weighted by molar-refractivity contribution is -0.132. The maximum atomic E-state index is 11.6. The van der Waals surface area contributed by atoms with Gasteiger partial charge in [0.05, 0.1) is 0 Å². The molecule has 0 heterocycles. The average Bonchev–Trinajstić information content (AvgIpc) is 2.87. The summed E-state index contributed by atoms with van der Waals surface area (Å²) in [6.07, 6.45) is 5.69. The van der Waals surface area contributed by atoms with Crippen LogP contribution in [-0.4, -0.2) is 11.1 Å². The van der Waals surface area contributed by atoms with Crippen LogP contribution in [0.3, 0.4) is 0 Å². The molecule has 0 bridgehead atoms. The minimum Gasteiger partial charge on any atom is -0.478 e. The van der Waals surface area contributed by atoms with Gasteiger partial charge in [-0.3, -0.25) is 0 Å². The second-order valence-corrected chi connectivity index (χ2v) is 8.54. The second kappa shape index (κ2) is 6.48. The SMILES string of the molecule is CC1=C[C@H](c2ccccc2)[C@](C)(/C=C(\C)C(=O)O)[C@@H]2[C@@H]1[C@@H](C)C[C@@H]2C. The molecule has 1 fully saturated rings. The first kappa shape index (κ1) is 18.0. The van der Waals surface area contributed by atoms with Gasteiger partial charge in [0.1, 0.15) is 0 Å². The Hall–Kier alpha value is -1.83. The molecule has 1 N–H and O–H groups in total. The molecule has 0 aromatic heterocycles. The van der Waals surface area contributed by atoms with Gasteiger partial charge < -0.3 is 5.11 Å². The molecule has 0 saturated heterocycles. The van der Waals surface area contributed by atoms with Gasteiger partial charge >= 0.3 is 5.97 Å². The maximum absolute atomic E-state index is 11.6. The van der Waals surface area contributed by atoms with Gasteiger partial charge in [-0.1, -0.05) is 68.8 Å². The number of hydrogen-bond acceptors (Lipinski definition) is 1. The van der Waals surface area contributed by atoms with E-state index in [2.05, 4.69) is 64.1 Å². The van der Waals surface area contributed by atoms with Crippen molar-refractivity contribution in [3.05, 3.63) is 59.2 Å². The lowest BCUT2D eigenvalue weighted by Gasteiger charge is -2.49. The number of carboxylic acid groups (broad SMARTS) is 1. The summed E-state index contributed by atoms with van der Waals surface area (Å²) in [4.78, 5) is 11.6. The first-order valence-corrected chi connectivity index (χ1v) is 9.41. The van der Waals surface area contributed by atoms with Crippen molar-refractivity contribution in [3.8, 4) is 0 Å². The van der Waals surface area contributed by atoms with E-state index in [4.69, 9.17) is 0 Å². The van der Waals surface area contributed by atoms with Gasteiger partial charge in [-0.05, 0) is 49.5 Å². The first-order chi connectivity index (χ1) is 11.8. The number of rotatable bonds is 3. The Balaban J connectivity index is 2.20. The molecule has 1 aromatic carbocycles. The fourth-order valence-electron chi connectivity index (χ4n) is 5.91. The zero-order valence-electron chi connectivity index (χ0n) is 16.0. The summed E-state index contributed by atoms with van der Waals surface area (Å²) in [5.74, 6) is 1.69. The number of carboxylic acids is 1. The highest BCUT2D eigenvalue weighted by Crippen LogP contribution is 2.61. The molecule has 134 valence electrons. The van der Waals surface area contributed by atoms with E-state index in [-0.39, 0.29) is 11.3 Å². The van der Waals surface area contributed by atoms with E-state index in [1.165, 1.54) is 17.6 Å². The molecular formula is C23H30O2. The minimum atomic E-state index is -0.811. The summed E-state index contributed by atoms with van der Waals surface area (Å²) in [5, 5.41) is 9.51. The Morgan fingerprint density at radius 2 is 1.84 bits per heavy atom. The molecule has 6 atom stereocenters. The number of aliphatic carboxylic acids is 1. The van der Waals surface area contributed by atoms with Gasteiger partial charge in [-0.2, -0.15) is 0 Å². The molecule has 0 unspecified atom stereocenters. The highest BCUT2D eigenvalue weighted by molar-refractivity contribution is 5.86. The van der Waals surface area contributed by atoms with Crippen LogP contribution in [0.2, 0.25) is 0 Å². The summed E-state index contributed by atoms with van der Waals surface area (Å²) in [7, 11) is 0. The second-order valence-electron chi connectivity index (χ2n) is 8.54. The lowest BCUT2D eigenvalue weighted by atomic mass is 9.55. The van der Waals surface area contributed by atoms with Crippen LogP contribution in [-0.2, 0) is 4.79 Å². The maximum Gasteiger partial charge on any atom is 0.330 e. The predicted molar refractivity (Wildman–Crippen MR) is 102 cm³/mol. The van der Waals surface area contributed by atoms with Crippen molar-refractivity contribution in [2.45, 2.75) is 47.0 Å². The summed E-state index contributed by atoms with van der Waals surface area (Å²) in [6, 6.07) is 10.6. The van der Waals surface area contributed by atoms with Gasteiger partial charge in [0.15, 0.2) is 0 Å². The van der Waals surface area contributed by atoms with Gasteiger partial charge in [-0.15, -0.1) is 0 Å². The van der Waals surface area contributed by atoms with Crippen LogP contribution in [0.5, 0.6) is 0 Å². The molecule has 0 radical (unpaired) electrons. The number of benzene rings is 1. The van der Waals surface area contributed by atoms with Crippen molar-refractivity contribution in [1.29, 1.82) is 0 Å². The van der Waals surface area contributed by atoms with E-state index >= 15 is 0 Å². The Morgan fingerprint density at radius 1 is 1.20 bits per heavy atom. The van der Waals surface area contributed by atoms with Gasteiger partial charge in [-0.25, -0.2) is 4.79 Å². The fourth-order valence-corrected chi connectivity index (χ4v) is 5.91. The number of fused-ring (bicyclic) bond motifs is 1. The fraction of sp³-hybridized carbons (Fsp3) is 0.522. The van der Waals surface area contributed by atoms with Gasteiger partial charge in [0.2, 0.25) is 0 Å². The zero-order chi connectivity index (χ0) is 18.4. The molecule has 3 rings (SSSR count). The van der Waals surface area contributed by atoms with E-state index in [0.29, 0.717) is 29.2 Å². The molecule has 2 heteroatoms. The Bertz CT molecular complexity index is 715. The summed E-state index contributed by atoms with van der Waals surface area (Å²) < 4.78 is 0. The summed E-state index contributed by atoms with van der Waals surface area (Å²) >= 11 is 0. The number of carbonyl (C=O) groups is 1. The van der Waals surface area contributed by atoms with Crippen LogP contribution in [0.4, 0.5) is 0 Å². The number of allylic oxidation sites excluding steroid dienone is 3. The third-order valence-electron chi connectivity index (χ3n) is 6.72. The smallest absolute Gasteiger partial charge is 0.330 e.